The van der Waals surface area contributed by atoms with Crippen LogP contribution in [0.5, 0.6) is 0 Å². The fourth-order valence-electron chi connectivity index (χ4n) is 0.900. The Morgan fingerprint density at radius 3 is 2.67 bits per heavy atom. The third kappa shape index (κ3) is 6.09. The quantitative estimate of drug-likeness (QED) is 0.545. The molecule has 0 saturated heterocycles. The number of nitrogens with zero attached hydrogens (tertiary/aromatic N) is 1. The number of methoxy groups -OCH3 is 1. The Labute approximate surface area is 71.6 Å². The van der Waals surface area contributed by atoms with Crippen molar-refractivity contribution in [2.75, 3.05) is 33.9 Å². The smallest absolute Gasteiger partial charge is 0.317 e. The van der Waals surface area contributed by atoms with Crippen molar-refractivity contribution in [2.24, 2.45) is 0 Å². The van der Waals surface area contributed by atoms with E-state index in [0.717, 1.165) is 0 Å². The summed E-state index contributed by atoms with van der Waals surface area (Å²) in [6.45, 7) is 0.463. The number of hydrogen-bond donors (Lipinski definition) is 2. The van der Waals surface area contributed by atoms with Gasteiger partial charge in [0.05, 0.1) is 19.3 Å². The molecule has 0 amide bonds. The van der Waals surface area contributed by atoms with Gasteiger partial charge in [-0.3, -0.25) is 9.69 Å². The van der Waals surface area contributed by atoms with Crippen LogP contribution in [0.3, 0.4) is 0 Å². The Bertz CT molecular complexity index is 139. The van der Waals surface area contributed by atoms with Crippen molar-refractivity contribution in [3.8, 4) is 0 Å². The topological polar surface area (TPSA) is 70.0 Å². The minimum Gasteiger partial charge on any atom is -0.480 e. The highest BCUT2D eigenvalue weighted by Gasteiger charge is 2.09. The lowest BCUT2D eigenvalue weighted by Crippen LogP contribution is -2.35. The SMILES string of the molecule is COCC(O)CN(C)CC(=O)O. The minimum absolute atomic E-state index is 0.0687. The molecule has 0 radical (unpaired) electrons. The first-order valence-electron chi connectivity index (χ1n) is 3.63. The lowest BCUT2D eigenvalue weighted by molar-refractivity contribution is -0.138. The van der Waals surface area contributed by atoms with Crippen molar-refractivity contribution in [1.82, 2.24) is 4.90 Å². The zero-order chi connectivity index (χ0) is 9.56. The molecule has 0 rings (SSSR count). The molecule has 0 bridgehead atoms. The molecule has 0 aromatic rings. The molecule has 5 nitrogen and oxygen atoms in total. The zero-order valence-corrected chi connectivity index (χ0v) is 7.36. The average molecular weight is 177 g/mol. The van der Waals surface area contributed by atoms with Gasteiger partial charge in [0.25, 0.3) is 0 Å². The molecule has 72 valence electrons. The number of carboxylic acids is 1. The van der Waals surface area contributed by atoms with Crippen LogP contribution in [0.4, 0.5) is 0 Å². The molecular formula is C7H15NO4. The number of rotatable bonds is 6. The van der Waals surface area contributed by atoms with E-state index >= 15 is 0 Å². The largest absolute Gasteiger partial charge is 0.480 e. The Hall–Kier alpha value is -0.650. The Morgan fingerprint density at radius 1 is 1.67 bits per heavy atom. The second-order valence-electron chi connectivity index (χ2n) is 2.70. The number of ether oxygens (including phenoxy) is 1. The van der Waals surface area contributed by atoms with Gasteiger partial charge in [-0.2, -0.15) is 0 Å². The summed E-state index contributed by atoms with van der Waals surface area (Å²) in [6.07, 6.45) is -0.626. The molecular weight excluding hydrogens is 162 g/mol. The standard InChI is InChI=1S/C7H15NO4/c1-8(4-7(10)11)3-6(9)5-12-2/h6,9H,3-5H2,1-2H3,(H,10,11). The molecule has 0 aliphatic heterocycles. The van der Waals surface area contributed by atoms with Gasteiger partial charge in [-0.05, 0) is 7.05 Å². The Morgan fingerprint density at radius 2 is 2.25 bits per heavy atom. The maximum atomic E-state index is 10.2. The van der Waals surface area contributed by atoms with Crippen molar-refractivity contribution in [3.63, 3.8) is 0 Å². The van der Waals surface area contributed by atoms with E-state index in [4.69, 9.17) is 5.11 Å². The van der Waals surface area contributed by atoms with E-state index in [1.165, 1.54) is 12.0 Å². The molecule has 0 heterocycles. The van der Waals surface area contributed by atoms with E-state index in [1.807, 2.05) is 0 Å². The summed E-state index contributed by atoms with van der Waals surface area (Å²) in [4.78, 5) is 11.7. The van der Waals surface area contributed by atoms with E-state index < -0.39 is 12.1 Å². The van der Waals surface area contributed by atoms with Crippen LogP contribution in [0.15, 0.2) is 0 Å². The van der Waals surface area contributed by atoms with Gasteiger partial charge in [0, 0.05) is 13.7 Å². The first-order chi connectivity index (χ1) is 5.56. The molecule has 0 aromatic heterocycles. The molecule has 5 heteroatoms. The number of aliphatic hydroxyl groups is 1. The van der Waals surface area contributed by atoms with Crippen molar-refractivity contribution in [1.29, 1.82) is 0 Å². The van der Waals surface area contributed by atoms with Gasteiger partial charge in [0.15, 0.2) is 0 Å². The number of carbonyl (C=O) groups is 1. The highest BCUT2D eigenvalue weighted by Crippen LogP contribution is 1.89. The zero-order valence-electron chi connectivity index (χ0n) is 7.36. The molecule has 1 atom stereocenters. The van der Waals surface area contributed by atoms with E-state index in [1.54, 1.807) is 7.05 Å². The van der Waals surface area contributed by atoms with Crippen LogP contribution >= 0.6 is 0 Å². The van der Waals surface area contributed by atoms with Gasteiger partial charge in [0.1, 0.15) is 0 Å². The highest BCUT2D eigenvalue weighted by molar-refractivity contribution is 5.68. The Kier molecular flexibility index (Phi) is 5.61. The van der Waals surface area contributed by atoms with Crippen LogP contribution in [-0.2, 0) is 9.53 Å². The summed E-state index contributed by atoms with van der Waals surface area (Å²) in [5, 5.41) is 17.5. The number of likely N-dealkylation sites (N-methyl/N-ethyl adjacent to an activating group) is 1. The van der Waals surface area contributed by atoms with Crippen molar-refractivity contribution in [3.05, 3.63) is 0 Å². The third-order valence-electron chi connectivity index (χ3n) is 1.29. The van der Waals surface area contributed by atoms with E-state index in [-0.39, 0.29) is 13.2 Å². The van der Waals surface area contributed by atoms with Gasteiger partial charge < -0.3 is 14.9 Å². The fraction of sp³-hybridized carbons (Fsp3) is 0.857. The minimum atomic E-state index is -0.901. The monoisotopic (exact) mass is 177 g/mol. The molecule has 2 N–H and O–H groups in total. The normalized spacial score (nSPS) is 13.3. The number of aliphatic carboxylic acids is 1. The maximum absolute atomic E-state index is 10.2. The van der Waals surface area contributed by atoms with Gasteiger partial charge in [-0.1, -0.05) is 0 Å². The first kappa shape index (κ1) is 11.4. The van der Waals surface area contributed by atoms with Crippen LogP contribution in [-0.4, -0.2) is 61.0 Å². The van der Waals surface area contributed by atoms with Crippen LogP contribution in [0.25, 0.3) is 0 Å². The predicted octanol–water partition coefficient (Wildman–Crippen LogP) is -0.990. The maximum Gasteiger partial charge on any atom is 0.317 e. The molecule has 0 aromatic carbocycles. The predicted molar refractivity (Wildman–Crippen MR) is 43.0 cm³/mol. The second-order valence-corrected chi connectivity index (χ2v) is 2.70. The van der Waals surface area contributed by atoms with Gasteiger partial charge in [-0.15, -0.1) is 0 Å². The molecule has 1 unspecified atom stereocenters. The molecule has 0 spiro atoms. The average Bonchev–Trinajstić information content (AvgIpc) is 1.84. The number of hydrogen-bond acceptors (Lipinski definition) is 4. The summed E-state index contributed by atoms with van der Waals surface area (Å²) >= 11 is 0. The van der Waals surface area contributed by atoms with E-state index in [9.17, 15) is 9.90 Å². The van der Waals surface area contributed by atoms with Crippen molar-refractivity contribution < 1.29 is 19.7 Å². The van der Waals surface area contributed by atoms with Crippen LogP contribution < -0.4 is 0 Å². The summed E-state index contributed by atoms with van der Waals surface area (Å²) < 4.78 is 4.69. The third-order valence-corrected chi connectivity index (χ3v) is 1.29. The van der Waals surface area contributed by atoms with E-state index in [2.05, 4.69) is 4.74 Å². The molecule has 0 fully saturated rings. The second kappa shape index (κ2) is 5.93. The van der Waals surface area contributed by atoms with Crippen molar-refractivity contribution >= 4 is 5.97 Å². The molecule has 0 aliphatic carbocycles. The first-order valence-corrected chi connectivity index (χ1v) is 3.63. The fourth-order valence-corrected chi connectivity index (χ4v) is 0.900. The Balaban J connectivity index is 3.53. The van der Waals surface area contributed by atoms with Crippen LogP contribution in [0.2, 0.25) is 0 Å². The summed E-state index contributed by atoms with van der Waals surface area (Å²) in [5.74, 6) is -0.901. The molecule has 12 heavy (non-hydrogen) atoms. The van der Waals surface area contributed by atoms with E-state index in [0.29, 0.717) is 6.54 Å². The summed E-state index contributed by atoms with van der Waals surface area (Å²) in [5.41, 5.74) is 0. The van der Waals surface area contributed by atoms with Crippen LogP contribution in [0.1, 0.15) is 0 Å². The highest BCUT2D eigenvalue weighted by atomic mass is 16.5. The van der Waals surface area contributed by atoms with Gasteiger partial charge >= 0.3 is 5.97 Å². The number of aliphatic hydroxyl groups excluding tert-OH is 1. The molecule has 0 aliphatic rings. The summed E-state index contributed by atoms with van der Waals surface area (Å²) in [7, 11) is 3.12. The van der Waals surface area contributed by atoms with Crippen LogP contribution in [0, 0.1) is 0 Å². The van der Waals surface area contributed by atoms with Gasteiger partial charge in [-0.25, -0.2) is 0 Å². The lowest BCUT2D eigenvalue weighted by atomic mass is 10.3. The number of carboxylic acid groups (broad SMARTS) is 1. The lowest BCUT2D eigenvalue weighted by Gasteiger charge is -2.17. The summed E-state index contributed by atoms with van der Waals surface area (Å²) in [6, 6.07) is 0. The molecule has 0 saturated carbocycles. The van der Waals surface area contributed by atoms with Crippen molar-refractivity contribution in [2.45, 2.75) is 6.10 Å². The van der Waals surface area contributed by atoms with Gasteiger partial charge in [0.2, 0.25) is 0 Å².